The fourth-order valence-corrected chi connectivity index (χ4v) is 3.49. The monoisotopic (exact) mass is 331 g/mol. The van der Waals surface area contributed by atoms with Crippen LogP contribution in [0.1, 0.15) is 43.8 Å². The Hall–Kier alpha value is -0.320. The lowest BCUT2D eigenvalue weighted by Crippen LogP contribution is -2.41. The van der Waals surface area contributed by atoms with E-state index in [2.05, 4.69) is 4.90 Å². The molecule has 3 nitrogen and oxygen atoms in total. The van der Waals surface area contributed by atoms with E-state index < -0.39 is 6.10 Å². The summed E-state index contributed by atoms with van der Waals surface area (Å²) in [4.78, 5) is 2.38. The van der Waals surface area contributed by atoms with Gasteiger partial charge < -0.3 is 15.1 Å². The van der Waals surface area contributed by atoms with Gasteiger partial charge in [0, 0.05) is 24.8 Å². The van der Waals surface area contributed by atoms with E-state index in [1.165, 1.54) is 12.8 Å². The highest BCUT2D eigenvalue weighted by Crippen LogP contribution is 2.31. The van der Waals surface area contributed by atoms with Crippen LogP contribution in [0.4, 0.5) is 0 Å². The van der Waals surface area contributed by atoms with Gasteiger partial charge in [-0.2, -0.15) is 0 Å². The van der Waals surface area contributed by atoms with E-state index in [9.17, 15) is 5.11 Å². The van der Waals surface area contributed by atoms with Crippen LogP contribution in [0, 0.1) is 0 Å². The van der Waals surface area contributed by atoms with E-state index in [-0.39, 0.29) is 6.61 Å². The third-order valence-electron chi connectivity index (χ3n) is 4.24. The van der Waals surface area contributed by atoms with Crippen LogP contribution in [-0.2, 0) is 0 Å². The van der Waals surface area contributed by atoms with Crippen molar-refractivity contribution in [3.63, 3.8) is 0 Å². The molecule has 2 rings (SSSR count). The summed E-state index contributed by atoms with van der Waals surface area (Å²) < 4.78 is 0. The van der Waals surface area contributed by atoms with Gasteiger partial charge in [-0.15, -0.1) is 0 Å². The lowest BCUT2D eigenvalue weighted by Gasteiger charge is -2.36. The molecule has 0 aromatic heterocycles. The zero-order chi connectivity index (χ0) is 15.2. The smallest absolute Gasteiger partial charge is 0.0817 e. The molecule has 1 aromatic carbocycles. The standard InChI is InChI=1S/C16H23Cl2NO2/c17-14-6-3-5-13(16(14)18)15(21)7-10-19-9-2-1-4-12(19)8-11-20/h3,5-6,12,15,20-21H,1-2,4,7-11H2. The quantitative estimate of drug-likeness (QED) is 0.836. The van der Waals surface area contributed by atoms with Crippen LogP contribution in [0.15, 0.2) is 18.2 Å². The van der Waals surface area contributed by atoms with Crippen molar-refractivity contribution in [2.75, 3.05) is 19.7 Å². The summed E-state index contributed by atoms with van der Waals surface area (Å²) in [6.45, 7) is 2.08. The summed E-state index contributed by atoms with van der Waals surface area (Å²) in [6, 6.07) is 5.79. The molecule has 1 saturated heterocycles. The van der Waals surface area contributed by atoms with Crippen LogP contribution >= 0.6 is 23.2 Å². The number of aliphatic hydroxyl groups excluding tert-OH is 2. The minimum Gasteiger partial charge on any atom is -0.396 e. The van der Waals surface area contributed by atoms with Gasteiger partial charge in [-0.1, -0.05) is 41.8 Å². The number of halogens is 2. The highest BCUT2D eigenvalue weighted by Gasteiger charge is 2.23. The fraction of sp³-hybridized carbons (Fsp3) is 0.625. The normalized spacial score (nSPS) is 21.4. The van der Waals surface area contributed by atoms with Crippen LogP contribution in [-0.4, -0.2) is 40.9 Å². The topological polar surface area (TPSA) is 43.7 Å². The molecule has 0 amide bonds. The Morgan fingerprint density at radius 1 is 1.29 bits per heavy atom. The molecule has 0 saturated carbocycles. The first kappa shape index (κ1) is 17.0. The van der Waals surface area contributed by atoms with Crippen LogP contribution in [0.2, 0.25) is 10.0 Å². The van der Waals surface area contributed by atoms with Gasteiger partial charge in [0.1, 0.15) is 0 Å². The summed E-state index contributed by atoms with van der Waals surface area (Å²) in [7, 11) is 0. The molecule has 0 spiro atoms. The Kier molecular flexibility index (Phi) is 6.77. The van der Waals surface area contributed by atoms with Crippen LogP contribution in [0.5, 0.6) is 0 Å². The second kappa shape index (κ2) is 8.35. The lowest BCUT2D eigenvalue weighted by molar-refractivity contribution is 0.0892. The van der Waals surface area contributed by atoms with Crippen molar-refractivity contribution in [2.45, 2.75) is 44.2 Å². The molecule has 1 fully saturated rings. The summed E-state index contributed by atoms with van der Waals surface area (Å²) in [5.41, 5.74) is 0.694. The summed E-state index contributed by atoms with van der Waals surface area (Å²) >= 11 is 12.1. The van der Waals surface area contributed by atoms with Crippen LogP contribution < -0.4 is 0 Å². The zero-order valence-corrected chi connectivity index (χ0v) is 13.7. The molecule has 1 aromatic rings. The second-order valence-electron chi connectivity index (χ2n) is 5.65. The third-order valence-corrected chi connectivity index (χ3v) is 5.08. The first-order valence-electron chi connectivity index (χ1n) is 7.60. The first-order chi connectivity index (χ1) is 10.1. The van der Waals surface area contributed by atoms with Crippen molar-refractivity contribution in [1.82, 2.24) is 4.90 Å². The number of piperidine rings is 1. The van der Waals surface area contributed by atoms with Gasteiger partial charge in [-0.25, -0.2) is 0 Å². The van der Waals surface area contributed by atoms with Gasteiger partial charge in [0.05, 0.1) is 16.1 Å². The first-order valence-corrected chi connectivity index (χ1v) is 8.36. The van der Waals surface area contributed by atoms with Crippen LogP contribution in [0.25, 0.3) is 0 Å². The molecule has 1 aliphatic heterocycles. The van der Waals surface area contributed by atoms with Crippen molar-refractivity contribution in [3.05, 3.63) is 33.8 Å². The number of benzene rings is 1. The Bertz CT molecular complexity index is 454. The summed E-state index contributed by atoms with van der Waals surface area (Å²) in [5.74, 6) is 0. The Labute approximate surface area is 136 Å². The van der Waals surface area contributed by atoms with E-state index >= 15 is 0 Å². The average molecular weight is 332 g/mol. The van der Waals surface area contributed by atoms with E-state index in [4.69, 9.17) is 28.3 Å². The number of rotatable bonds is 6. The largest absolute Gasteiger partial charge is 0.396 e. The number of nitrogens with zero attached hydrogens (tertiary/aromatic N) is 1. The molecule has 2 unspecified atom stereocenters. The van der Waals surface area contributed by atoms with Gasteiger partial charge >= 0.3 is 0 Å². The molecule has 0 radical (unpaired) electrons. The molecule has 5 heteroatoms. The molecular weight excluding hydrogens is 309 g/mol. The number of aliphatic hydroxyl groups is 2. The average Bonchev–Trinajstić information content (AvgIpc) is 2.49. The summed E-state index contributed by atoms with van der Waals surface area (Å²) in [6.07, 6.45) is 4.39. The van der Waals surface area contributed by atoms with Crippen molar-refractivity contribution in [3.8, 4) is 0 Å². The zero-order valence-electron chi connectivity index (χ0n) is 12.1. The number of likely N-dealkylation sites (tertiary alicyclic amines) is 1. The predicted octanol–water partition coefficient (Wildman–Crippen LogP) is 3.65. The molecule has 118 valence electrons. The SMILES string of the molecule is OCCC1CCCCN1CCC(O)c1cccc(Cl)c1Cl. The lowest BCUT2D eigenvalue weighted by atomic mass is 9.98. The predicted molar refractivity (Wildman–Crippen MR) is 87.0 cm³/mol. The van der Waals surface area contributed by atoms with Gasteiger partial charge in [0.15, 0.2) is 0 Å². The molecule has 2 atom stereocenters. The van der Waals surface area contributed by atoms with E-state index in [0.717, 1.165) is 25.9 Å². The Morgan fingerprint density at radius 3 is 2.86 bits per heavy atom. The highest BCUT2D eigenvalue weighted by atomic mass is 35.5. The number of hydrogen-bond donors (Lipinski definition) is 2. The molecule has 0 bridgehead atoms. The molecule has 21 heavy (non-hydrogen) atoms. The van der Waals surface area contributed by atoms with E-state index in [1.54, 1.807) is 6.07 Å². The molecule has 0 aliphatic carbocycles. The van der Waals surface area contributed by atoms with Crippen molar-refractivity contribution in [2.24, 2.45) is 0 Å². The summed E-state index contributed by atoms with van der Waals surface area (Å²) in [5, 5.41) is 20.4. The van der Waals surface area contributed by atoms with Crippen LogP contribution in [0.3, 0.4) is 0 Å². The molecule has 2 N–H and O–H groups in total. The Morgan fingerprint density at radius 2 is 2.10 bits per heavy atom. The van der Waals surface area contributed by atoms with Gasteiger partial charge in [0.2, 0.25) is 0 Å². The van der Waals surface area contributed by atoms with Crippen molar-refractivity contribution in [1.29, 1.82) is 0 Å². The maximum absolute atomic E-state index is 10.4. The highest BCUT2D eigenvalue weighted by molar-refractivity contribution is 6.42. The molecule has 1 aliphatic rings. The van der Waals surface area contributed by atoms with Gasteiger partial charge in [-0.05, 0) is 38.3 Å². The van der Waals surface area contributed by atoms with Crippen molar-refractivity contribution >= 4 is 23.2 Å². The minimum absolute atomic E-state index is 0.226. The molecule has 1 heterocycles. The van der Waals surface area contributed by atoms with Gasteiger partial charge in [-0.3, -0.25) is 0 Å². The number of hydrogen-bond acceptors (Lipinski definition) is 3. The van der Waals surface area contributed by atoms with E-state index in [0.29, 0.717) is 28.1 Å². The van der Waals surface area contributed by atoms with Gasteiger partial charge in [0.25, 0.3) is 0 Å². The maximum atomic E-state index is 10.4. The third kappa shape index (κ3) is 4.57. The second-order valence-corrected chi connectivity index (χ2v) is 6.43. The van der Waals surface area contributed by atoms with E-state index in [1.807, 2.05) is 12.1 Å². The fourth-order valence-electron chi connectivity index (χ4n) is 3.05. The molecular formula is C16H23Cl2NO2. The maximum Gasteiger partial charge on any atom is 0.0817 e. The minimum atomic E-state index is -0.604. The Balaban J connectivity index is 1.93. The van der Waals surface area contributed by atoms with Crippen molar-refractivity contribution < 1.29 is 10.2 Å².